The molecule has 1 N–H and O–H groups in total. The molecule has 1 aromatic heterocycles. The Morgan fingerprint density at radius 2 is 1.81 bits per heavy atom. The summed E-state index contributed by atoms with van der Waals surface area (Å²) in [5, 5.41) is 7.08. The standard InChI is InChI=1S/C21H19F4N5O2/c22-15-4-1-2-5-18(15)30-17-7-3-6-16(14(17)12-27-30)29-11-10-28(20(29)32)13-19(31)26-9-8-21(23,24)25/h1-7,12H,8-11,13H2,(H,26,31). The first-order valence-corrected chi connectivity index (χ1v) is 9.86. The maximum atomic E-state index is 14.2. The molecule has 0 radical (unpaired) electrons. The van der Waals surface area contributed by atoms with Gasteiger partial charge in [-0.1, -0.05) is 18.2 Å². The van der Waals surface area contributed by atoms with Crippen LogP contribution in [0.4, 0.5) is 28.0 Å². The Hall–Kier alpha value is -3.63. The van der Waals surface area contributed by atoms with E-state index in [1.165, 1.54) is 26.7 Å². The van der Waals surface area contributed by atoms with E-state index < -0.39 is 36.9 Å². The third-order valence-corrected chi connectivity index (χ3v) is 5.12. The van der Waals surface area contributed by atoms with Gasteiger partial charge in [-0.05, 0) is 24.3 Å². The fourth-order valence-electron chi connectivity index (χ4n) is 3.61. The Morgan fingerprint density at radius 1 is 1.06 bits per heavy atom. The third kappa shape index (κ3) is 4.36. The normalized spacial score (nSPS) is 14.4. The van der Waals surface area contributed by atoms with Gasteiger partial charge in [-0.2, -0.15) is 18.3 Å². The first-order chi connectivity index (χ1) is 15.2. The molecule has 7 nitrogen and oxygen atoms in total. The van der Waals surface area contributed by atoms with Crippen LogP contribution in [-0.2, 0) is 4.79 Å². The van der Waals surface area contributed by atoms with Gasteiger partial charge in [-0.15, -0.1) is 0 Å². The Labute approximate surface area is 180 Å². The zero-order valence-electron chi connectivity index (χ0n) is 16.8. The molecule has 2 aromatic carbocycles. The SMILES string of the molecule is O=C(CN1CCN(c2cccc3c2cnn3-c2ccccc2F)C1=O)NCCC(F)(F)F. The van der Waals surface area contributed by atoms with E-state index >= 15 is 0 Å². The predicted molar refractivity (Wildman–Crippen MR) is 109 cm³/mol. The zero-order valence-corrected chi connectivity index (χ0v) is 16.8. The Morgan fingerprint density at radius 3 is 2.56 bits per heavy atom. The van der Waals surface area contributed by atoms with Crippen LogP contribution in [0.1, 0.15) is 6.42 Å². The molecule has 0 spiro atoms. The Bertz CT molecular complexity index is 1160. The molecule has 3 amide bonds. The number of halogens is 4. The molecule has 1 aliphatic rings. The highest BCUT2D eigenvalue weighted by molar-refractivity contribution is 6.04. The molecule has 0 unspecified atom stereocenters. The number of alkyl halides is 3. The van der Waals surface area contributed by atoms with Crippen LogP contribution in [0.2, 0.25) is 0 Å². The van der Waals surface area contributed by atoms with E-state index in [4.69, 9.17) is 0 Å². The average molecular weight is 449 g/mol. The van der Waals surface area contributed by atoms with Gasteiger partial charge in [0.1, 0.15) is 18.0 Å². The molecule has 4 rings (SSSR count). The van der Waals surface area contributed by atoms with Crippen LogP contribution in [0.3, 0.4) is 0 Å². The van der Waals surface area contributed by atoms with E-state index in [1.807, 2.05) is 0 Å². The fourth-order valence-corrected chi connectivity index (χ4v) is 3.61. The van der Waals surface area contributed by atoms with Crippen LogP contribution in [0.15, 0.2) is 48.7 Å². The lowest BCUT2D eigenvalue weighted by Gasteiger charge is -2.19. The highest BCUT2D eigenvalue weighted by atomic mass is 19.4. The molecule has 0 aliphatic carbocycles. The molecule has 0 bridgehead atoms. The summed E-state index contributed by atoms with van der Waals surface area (Å²) in [4.78, 5) is 27.5. The highest BCUT2D eigenvalue weighted by Crippen LogP contribution is 2.31. The summed E-state index contributed by atoms with van der Waals surface area (Å²) in [5.74, 6) is -1.10. The van der Waals surface area contributed by atoms with E-state index in [2.05, 4.69) is 10.4 Å². The van der Waals surface area contributed by atoms with Crippen molar-refractivity contribution in [2.45, 2.75) is 12.6 Å². The number of anilines is 1. The maximum absolute atomic E-state index is 14.2. The fraction of sp³-hybridized carbons (Fsp3) is 0.286. The quantitative estimate of drug-likeness (QED) is 0.586. The molecular weight excluding hydrogens is 430 g/mol. The first-order valence-electron chi connectivity index (χ1n) is 9.86. The molecular formula is C21H19F4N5O2. The van der Waals surface area contributed by atoms with E-state index in [0.29, 0.717) is 23.1 Å². The van der Waals surface area contributed by atoms with Crippen molar-refractivity contribution in [3.8, 4) is 5.69 Å². The van der Waals surface area contributed by atoms with Gasteiger partial charge in [0.15, 0.2) is 0 Å². The van der Waals surface area contributed by atoms with Gasteiger partial charge < -0.3 is 10.2 Å². The van der Waals surface area contributed by atoms with Crippen molar-refractivity contribution in [3.63, 3.8) is 0 Å². The van der Waals surface area contributed by atoms with Gasteiger partial charge in [0.2, 0.25) is 5.91 Å². The van der Waals surface area contributed by atoms with Gasteiger partial charge in [-0.3, -0.25) is 9.69 Å². The summed E-state index contributed by atoms with van der Waals surface area (Å²) in [6.45, 7) is -0.345. The predicted octanol–water partition coefficient (Wildman–Crippen LogP) is 3.48. The van der Waals surface area contributed by atoms with Crippen molar-refractivity contribution < 1.29 is 27.2 Å². The van der Waals surface area contributed by atoms with Gasteiger partial charge >= 0.3 is 12.2 Å². The van der Waals surface area contributed by atoms with Gasteiger partial charge in [0.25, 0.3) is 0 Å². The number of benzene rings is 2. The number of hydrogen-bond donors (Lipinski definition) is 1. The number of para-hydroxylation sites is 1. The molecule has 2 heterocycles. The van der Waals surface area contributed by atoms with Gasteiger partial charge in [0.05, 0.1) is 23.8 Å². The first kappa shape index (κ1) is 21.6. The van der Waals surface area contributed by atoms with Crippen molar-refractivity contribution in [3.05, 3.63) is 54.5 Å². The van der Waals surface area contributed by atoms with Crippen molar-refractivity contribution in [2.24, 2.45) is 0 Å². The summed E-state index contributed by atoms with van der Waals surface area (Å²) in [6, 6.07) is 10.9. The summed E-state index contributed by atoms with van der Waals surface area (Å²) >= 11 is 0. The van der Waals surface area contributed by atoms with Gasteiger partial charge in [0, 0.05) is 25.0 Å². The monoisotopic (exact) mass is 449 g/mol. The number of aromatic nitrogens is 2. The van der Waals surface area contributed by atoms with Crippen LogP contribution in [0, 0.1) is 5.82 Å². The molecule has 3 aromatic rings. The number of carbonyl (C=O) groups excluding carboxylic acids is 2. The summed E-state index contributed by atoms with van der Waals surface area (Å²) in [6.07, 6.45) is -3.96. The number of nitrogens with zero attached hydrogens (tertiary/aromatic N) is 4. The van der Waals surface area contributed by atoms with Crippen molar-refractivity contribution >= 4 is 28.5 Å². The Balaban J connectivity index is 1.50. The zero-order chi connectivity index (χ0) is 22.9. The lowest BCUT2D eigenvalue weighted by Crippen LogP contribution is -2.40. The number of nitrogens with one attached hydrogen (secondary N) is 1. The highest BCUT2D eigenvalue weighted by Gasteiger charge is 2.32. The van der Waals surface area contributed by atoms with Gasteiger partial charge in [-0.25, -0.2) is 13.9 Å². The van der Waals surface area contributed by atoms with Crippen LogP contribution in [0.25, 0.3) is 16.6 Å². The minimum atomic E-state index is -4.36. The average Bonchev–Trinajstić information content (AvgIpc) is 3.31. The van der Waals surface area contributed by atoms with Crippen LogP contribution >= 0.6 is 0 Å². The van der Waals surface area contributed by atoms with E-state index in [-0.39, 0.29) is 18.8 Å². The van der Waals surface area contributed by atoms with E-state index in [9.17, 15) is 27.2 Å². The second kappa shape index (κ2) is 8.48. The van der Waals surface area contributed by atoms with Crippen molar-refractivity contribution in [2.75, 3.05) is 31.1 Å². The number of amides is 3. The number of carbonyl (C=O) groups is 2. The second-order valence-electron chi connectivity index (χ2n) is 7.29. The molecule has 1 aliphatic heterocycles. The Kier molecular flexibility index (Phi) is 5.72. The summed E-state index contributed by atoms with van der Waals surface area (Å²) in [7, 11) is 0. The molecule has 0 atom stereocenters. The van der Waals surface area contributed by atoms with Crippen LogP contribution in [0.5, 0.6) is 0 Å². The number of hydrogen-bond acceptors (Lipinski definition) is 3. The minimum Gasteiger partial charge on any atom is -0.354 e. The summed E-state index contributed by atoms with van der Waals surface area (Å²) < 4.78 is 52.3. The van der Waals surface area contributed by atoms with Crippen LogP contribution < -0.4 is 10.2 Å². The van der Waals surface area contributed by atoms with Crippen molar-refractivity contribution in [1.29, 1.82) is 0 Å². The van der Waals surface area contributed by atoms with Crippen molar-refractivity contribution in [1.82, 2.24) is 20.0 Å². The minimum absolute atomic E-state index is 0.239. The number of urea groups is 1. The molecule has 32 heavy (non-hydrogen) atoms. The van der Waals surface area contributed by atoms with E-state index in [1.54, 1.807) is 36.4 Å². The largest absolute Gasteiger partial charge is 0.390 e. The molecule has 1 saturated heterocycles. The topological polar surface area (TPSA) is 70.5 Å². The van der Waals surface area contributed by atoms with Crippen LogP contribution in [-0.4, -0.2) is 59.0 Å². The second-order valence-corrected chi connectivity index (χ2v) is 7.29. The molecule has 168 valence electrons. The molecule has 11 heteroatoms. The third-order valence-electron chi connectivity index (χ3n) is 5.12. The summed E-state index contributed by atoms with van der Waals surface area (Å²) in [5.41, 5.74) is 1.42. The lowest BCUT2D eigenvalue weighted by atomic mass is 10.2. The number of rotatable bonds is 6. The molecule has 0 saturated carbocycles. The maximum Gasteiger partial charge on any atom is 0.390 e. The van der Waals surface area contributed by atoms with E-state index in [0.717, 1.165) is 0 Å². The number of fused-ring (bicyclic) bond motifs is 1. The molecule has 1 fully saturated rings. The lowest BCUT2D eigenvalue weighted by molar-refractivity contribution is -0.135. The smallest absolute Gasteiger partial charge is 0.354 e.